The number of hydrogen-bond acceptors (Lipinski definition) is 0. The van der Waals surface area contributed by atoms with Crippen LogP contribution in [0.25, 0.3) is 11.1 Å². The summed E-state index contributed by atoms with van der Waals surface area (Å²) in [6.45, 7) is 7.10. The molecule has 0 nitrogen and oxygen atoms in total. The van der Waals surface area contributed by atoms with Crippen LogP contribution in [0.1, 0.15) is 76.1 Å². The number of fused-ring (bicyclic) bond motifs is 3. The molecule has 0 radical (unpaired) electrons. The van der Waals surface area contributed by atoms with Gasteiger partial charge in [-0.3, -0.25) is 0 Å². The zero-order valence-corrected chi connectivity index (χ0v) is 19.9. The lowest BCUT2D eigenvalue weighted by molar-refractivity contribution is -0.00000549. The van der Waals surface area contributed by atoms with E-state index >= 15 is 0 Å². The highest BCUT2D eigenvalue weighted by Gasteiger charge is 2.49. The zero-order chi connectivity index (χ0) is 18.4. The Morgan fingerprint density at radius 1 is 0.630 bits per heavy atom. The molecule has 0 heterocycles. The fraction of sp³-hybridized carbons (Fsp3) is 0.520. The topological polar surface area (TPSA) is 0 Å². The predicted octanol–water partition coefficient (Wildman–Crippen LogP) is 5.18. The van der Waals surface area contributed by atoms with E-state index < -0.39 is 7.26 Å². The zero-order valence-electron chi connectivity index (χ0n) is 17.4. The molecule has 0 saturated carbocycles. The summed E-state index contributed by atoms with van der Waals surface area (Å²) in [6.07, 6.45) is 12.7. The highest BCUT2D eigenvalue weighted by molar-refractivity contribution is 7.76. The van der Waals surface area contributed by atoms with Gasteiger partial charge in [-0.1, -0.05) is 88.6 Å². The van der Waals surface area contributed by atoms with Gasteiger partial charge in [0, 0.05) is 18.4 Å². The largest absolute Gasteiger partial charge is 1.00 e. The van der Waals surface area contributed by atoms with Gasteiger partial charge >= 0.3 is 0 Å². The van der Waals surface area contributed by atoms with Crippen LogP contribution >= 0.6 is 7.26 Å². The Balaban J connectivity index is 0.00000261. The first-order chi connectivity index (χ1) is 12.8. The van der Waals surface area contributed by atoms with Crippen molar-refractivity contribution in [2.24, 2.45) is 0 Å². The lowest BCUT2D eigenvalue weighted by atomic mass is 10.1. The minimum atomic E-state index is -1.06. The normalized spacial score (nSPS) is 13.1. The third kappa shape index (κ3) is 4.68. The number of hydrogen-bond donors (Lipinski definition) is 0. The molecule has 0 aliphatic heterocycles. The Morgan fingerprint density at radius 2 is 1.00 bits per heavy atom. The Labute approximate surface area is 178 Å². The van der Waals surface area contributed by atoms with Crippen LogP contribution in [-0.2, 0) is 0 Å². The van der Waals surface area contributed by atoms with Gasteiger partial charge in [-0.2, -0.15) is 0 Å². The van der Waals surface area contributed by atoms with Gasteiger partial charge in [-0.05, 0) is 30.4 Å². The van der Waals surface area contributed by atoms with Gasteiger partial charge in [0.1, 0.15) is 5.66 Å². The molecule has 0 aromatic heterocycles. The third-order valence-electron chi connectivity index (χ3n) is 6.22. The Bertz CT molecular complexity index is 642. The Morgan fingerprint density at radius 3 is 1.37 bits per heavy atom. The first kappa shape index (κ1) is 22.6. The summed E-state index contributed by atoms with van der Waals surface area (Å²) in [4.78, 5) is 0. The first-order valence-electron chi connectivity index (χ1n) is 10.8. The molecule has 0 bridgehead atoms. The van der Waals surface area contributed by atoms with Crippen molar-refractivity contribution in [3.05, 3.63) is 59.7 Å². The van der Waals surface area contributed by atoms with Crippen molar-refractivity contribution in [1.82, 2.24) is 0 Å². The van der Waals surface area contributed by atoms with E-state index in [1.807, 2.05) is 0 Å². The summed E-state index contributed by atoms with van der Waals surface area (Å²) < 4.78 is 0. The summed E-state index contributed by atoms with van der Waals surface area (Å²) in [5, 5.41) is 0. The van der Waals surface area contributed by atoms with E-state index in [4.69, 9.17) is 0 Å². The number of halogens is 1. The van der Waals surface area contributed by atoms with E-state index in [0.717, 1.165) is 0 Å². The van der Waals surface area contributed by atoms with Gasteiger partial charge in [0.2, 0.25) is 0 Å². The summed E-state index contributed by atoms with van der Waals surface area (Å²) >= 11 is 0. The minimum absolute atomic E-state index is 0. The maximum absolute atomic E-state index is 2.44. The number of benzene rings is 2. The average molecular weight is 447 g/mol. The molecule has 27 heavy (non-hydrogen) atoms. The van der Waals surface area contributed by atoms with Crippen LogP contribution < -0.4 is 17.0 Å². The van der Waals surface area contributed by atoms with Gasteiger partial charge in [-0.25, -0.2) is 0 Å². The molecular weight excluding hydrogens is 411 g/mol. The molecule has 0 fully saturated rings. The van der Waals surface area contributed by atoms with E-state index in [1.165, 1.54) is 68.1 Å². The summed E-state index contributed by atoms with van der Waals surface area (Å²) in [5.41, 5.74) is 7.01. The van der Waals surface area contributed by atoms with Crippen LogP contribution in [0.2, 0.25) is 0 Å². The molecule has 0 atom stereocenters. The fourth-order valence-corrected chi connectivity index (χ4v) is 10.8. The van der Waals surface area contributed by atoms with Crippen molar-refractivity contribution in [1.29, 1.82) is 0 Å². The summed E-state index contributed by atoms with van der Waals surface area (Å²) in [7, 11) is -1.06. The number of unbranched alkanes of at least 4 members (excludes halogenated alkanes) is 3. The first-order valence-corrected chi connectivity index (χ1v) is 13.2. The van der Waals surface area contributed by atoms with Crippen LogP contribution in [0.5, 0.6) is 0 Å². The van der Waals surface area contributed by atoms with Crippen molar-refractivity contribution < 1.29 is 17.0 Å². The Kier molecular flexibility index (Phi) is 9.03. The fourth-order valence-electron chi connectivity index (χ4n) is 4.86. The highest BCUT2D eigenvalue weighted by Crippen LogP contribution is 2.76. The molecule has 148 valence electrons. The van der Waals surface area contributed by atoms with Crippen molar-refractivity contribution >= 4 is 7.26 Å². The molecular formula is C25H36BrP. The molecule has 0 unspecified atom stereocenters. The van der Waals surface area contributed by atoms with Crippen LogP contribution in [-0.4, -0.2) is 18.5 Å². The molecule has 1 aliphatic carbocycles. The average Bonchev–Trinajstić information content (AvgIpc) is 3.03. The molecule has 0 amide bonds. The van der Waals surface area contributed by atoms with E-state index in [9.17, 15) is 0 Å². The quantitative estimate of drug-likeness (QED) is 0.441. The van der Waals surface area contributed by atoms with Crippen LogP contribution in [0.4, 0.5) is 0 Å². The van der Waals surface area contributed by atoms with Crippen LogP contribution in [0.15, 0.2) is 48.5 Å². The second-order valence-electron chi connectivity index (χ2n) is 8.03. The molecule has 2 aromatic carbocycles. The van der Waals surface area contributed by atoms with E-state index in [2.05, 4.69) is 69.3 Å². The van der Waals surface area contributed by atoms with Crippen molar-refractivity contribution in [3.8, 4) is 11.1 Å². The van der Waals surface area contributed by atoms with Gasteiger partial charge in [0.25, 0.3) is 0 Å². The molecule has 1 aliphatic rings. The third-order valence-corrected chi connectivity index (χ3v) is 11.5. The minimum Gasteiger partial charge on any atom is -1.00 e. The highest BCUT2D eigenvalue weighted by atomic mass is 79.9. The molecule has 0 spiro atoms. The second kappa shape index (κ2) is 10.8. The summed E-state index contributed by atoms with van der Waals surface area (Å²) in [5.74, 6) is 0. The molecule has 3 rings (SSSR count). The molecule has 0 saturated heterocycles. The lowest BCUT2D eigenvalue weighted by Crippen LogP contribution is -3.00. The van der Waals surface area contributed by atoms with Crippen LogP contribution in [0.3, 0.4) is 0 Å². The van der Waals surface area contributed by atoms with Gasteiger partial charge < -0.3 is 17.0 Å². The molecule has 2 aromatic rings. The van der Waals surface area contributed by atoms with Crippen molar-refractivity contribution in [2.45, 2.75) is 65.0 Å². The van der Waals surface area contributed by atoms with Gasteiger partial charge in [0.15, 0.2) is 0 Å². The molecule has 0 N–H and O–H groups in total. The van der Waals surface area contributed by atoms with Crippen molar-refractivity contribution in [2.75, 3.05) is 18.5 Å². The number of rotatable bonds is 10. The smallest absolute Gasteiger partial charge is 0.120 e. The van der Waals surface area contributed by atoms with E-state index in [1.54, 1.807) is 11.1 Å². The predicted molar refractivity (Wildman–Crippen MR) is 120 cm³/mol. The monoisotopic (exact) mass is 446 g/mol. The second-order valence-corrected chi connectivity index (χ2v) is 12.3. The molecule has 2 heteroatoms. The maximum Gasteiger partial charge on any atom is 0.120 e. The SMILES string of the molecule is CCCC[P+](CCCC)(CCCC)C1c2ccccc2-c2ccccc21.[Br-]. The maximum atomic E-state index is 2.44. The summed E-state index contributed by atoms with van der Waals surface area (Å²) in [6, 6.07) is 18.6. The Hall–Kier alpha value is -0.650. The lowest BCUT2D eigenvalue weighted by Gasteiger charge is -2.34. The van der Waals surface area contributed by atoms with Gasteiger partial charge in [0.05, 0.1) is 18.5 Å². The standard InChI is InChI=1S/C25H36P.BrH/c1-4-7-18-26(19-8-5-2,20-9-6-3)25-23-16-12-10-14-21(23)22-15-11-13-17-24(22)25;/h10-17,25H,4-9,18-20H2,1-3H3;1H/q+1;/p-1. The van der Waals surface area contributed by atoms with E-state index in [-0.39, 0.29) is 17.0 Å². The van der Waals surface area contributed by atoms with Crippen LogP contribution in [0, 0.1) is 0 Å². The van der Waals surface area contributed by atoms with E-state index in [0.29, 0.717) is 5.66 Å². The van der Waals surface area contributed by atoms with Gasteiger partial charge in [-0.15, -0.1) is 0 Å². The van der Waals surface area contributed by atoms with Crippen molar-refractivity contribution in [3.63, 3.8) is 0 Å².